The van der Waals surface area contributed by atoms with Gasteiger partial charge in [-0.15, -0.1) is 0 Å². The van der Waals surface area contributed by atoms with E-state index < -0.39 is 10.0 Å². The van der Waals surface area contributed by atoms with Crippen molar-refractivity contribution in [3.05, 3.63) is 59.7 Å². The zero-order valence-corrected chi connectivity index (χ0v) is 15.8. The third-order valence-electron chi connectivity index (χ3n) is 5.06. The summed E-state index contributed by atoms with van der Waals surface area (Å²) in [5, 5.41) is 0. The third-order valence-corrected chi connectivity index (χ3v) is 6.88. The topological polar surface area (TPSA) is 66.9 Å². The molecule has 0 spiro atoms. The number of aryl methyl sites for hydroxylation is 1. The standard InChI is InChI=1S/C20H22N2O4S/c23-20(21-12-14-26-15-13-21)17-7-9-18(10-8-17)27(24,25)22-11-3-5-16-4-1-2-6-19(16)22/h1-2,4,6-10H,3,5,11-15H2. The number of amides is 1. The van der Waals surface area contributed by atoms with Crippen LogP contribution in [0, 0.1) is 0 Å². The van der Waals surface area contributed by atoms with Crippen molar-refractivity contribution in [3.8, 4) is 0 Å². The van der Waals surface area contributed by atoms with Crippen molar-refractivity contribution in [1.29, 1.82) is 0 Å². The molecule has 142 valence electrons. The highest BCUT2D eigenvalue weighted by Crippen LogP contribution is 2.31. The molecule has 0 unspecified atom stereocenters. The van der Waals surface area contributed by atoms with Gasteiger partial charge in [-0.3, -0.25) is 9.10 Å². The monoisotopic (exact) mass is 386 g/mol. The molecule has 6 nitrogen and oxygen atoms in total. The minimum atomic E-state index is -3.65. The van der Waals surface area contributed by atoms with Gasteiger partial charge in [-0.1, -0.05) is 18.2 Å². The van der Waals surface area contributed by atoms with E-state index in [0.29, 0.717) is 38.4 Å². The van der Waals surface area contributed by atoms with Crippen LogP contribution in [0.2, 0.25) is 0 Å². The number of nitrogens with zero attached hydrogens (tertiary/aromatic N) is 2. The first-order chi connectivity index (χ1) is 13.1. The van der Waals surface area contributed by atoms with Gasteiger partial charge in [-0.05, 0) is 48.7 Å². The Hall–Kier alpha value is -2.38. The number of hydrogen-bond donors (Lipinski definition) is 0. The third kappa shape index (κ3) is 3.44. The fourth-order valence-electron chi connectivity index (χ4n) is 3.59. The lowest BCUT2D eigenvalue weighted by molar-refractivity contribution is 0.0303. The van der Waals surface area contributed by atoms with E-state index in [1.54, 1.807) is 17.0 Å². The molecule has 0 aromatic heterocycles. The molecule has 4 rings (SSSR count). The Bertz CT molecular complexity index is 935. The van der Waals surface area contributed by atoms with Gasteiger partial charge in [0.15, 0.2) is 0 Å². The maximum atomic E-state index is 13.1. The molecular formula is C20H22N2O4S. The van der Waals surface area contributed by atoms with E-state index in [-0.39, 0.29) is 10.8 Å². The Morgan fingerprint density at radius 3 is 2.37 bits per heavy atom. The molecule has 0 atom stereocenters. The summed E-state index contributed by atoms with van der Waals surface area (Å²) in [6, 6.07) is 13.9. The van der Waals surface area contributed by atoms with Crippen LogP contribution >= 0.6 is 0 Å². The molecule has 27 heavy (non-hydrogen) atoms. The second-order valence-corrected chi connectivity index (χ2v) is 8.60. The normalized spacial score (nSPS) is 17.5. The lowest BCUT2D eigenvalue weighted by atomic mass is 10.0. The number of rotatable bonds is 3. The van der Waals surface area contributed by atoms with E-state index in [4.69, 9.17) is 4.74 Å². The maximum absolute atomic E-state index is 13.1. The molecule has 7 heteroatoms. The minimum absolute atomic E-state index is 0.0921. The van der Waals surface area contributed by atoms with Crippen molar-refractivity contribution in [2.75, 3.05) is 37.2 Å². The fourth-order valence-corrected chi connectivity index (χ4v) is 5.14. The van der Waals surface area contributed by atoms with E-state index in [9.17, 15) is 13.2 Å². The highest BCUT2D eigenvalue weighted by molar-refractivity contribution is 7.92. The highest BCUT2D eigenvalue weighted by atomic mass is 32.2. The van der Waals surface area contributed by atoms with Crippen molar-refractivity contribution < 1.29 is 17.9 Å². The van der Waals surface area contributed by atoms with Crippen LogP contribution in [-0.2, 0) is 21.2 Å². The number of hydrogen-bond acceptors (Lipinski definition) is 4. The lowest BCUT2D eigenvalue weighted by Gasteiger charge is -2.30. The number of fused-ring (bicyclic) bond motifs is 1. The number of sulfonamides is 1. The van der Waals surface area contributed by atoms with E-state index in [1.165, 1.54) is 16.4 Å². The van der Waals surface area contributed by atoms with Gasteiger partial charge in [0.1, 0.15) is 0 Å². The van der Waals surface area contributed by atoms with Crippen molar-refractivity contribution in [1.82, 2.24) is 4.90 Å². The number of ether oxygens (including phenoxy) is 1. The van der Waals surface area contributed by atoms with Crippen molar-refractivity contribution >= 4 is 21.6 Å². The largest absolute Gasteiger partial charge is 0.378 e. The molecular weight excluding hydrogens is 364 g/mol. The Kier molecular flexibility index (Phi) is 4.88. The average Bonchev–Trinajstić information content (AvgIpc) is 2.73. The van der Waals surface area contributed by atoms with Crippen molar-refractivity contribution in [2.24, 2.45) is 0 Å². The zero-order chi connectivity index (χ0) is 18.9. The predicted molar refractivity (Wildman–Crippen MR) is 102 cm³/mol. The van der Waals surface area contributed by atoms with E-state index in [2.05, 4.69) is 0 Å². The molecule has 2 aromatic carbocycles. The second kappa shape index (κ2) is 7.32. The number of para-hydroxylation sites is 1. The molecule has 1 amide bonds. The van der Waals surface area contributed by atoms with Crippen LogP contribution in [0.15, 0.2) is 53.4 Å². The molecule has 0 aliphatic carbocycles. The van der Waals surface area contributed by atoms with Gasteiger partial charge in [-0.2, -0.15) is 0 Å². The smallest absolute Gasteiger partial charge is 0.264 e. The van der Waals surface area contributed by atoms with Crippen LogP contribution in [0.3, 0.4) is 0 Å². The van der Waals surface area contributed by atoms with Gasteiger partial charge in [-0.25, -0.2) is 8.42 Å². The van der Waals surface area contributed by atoms with E-state index >= 15 is 0 Å². The molecule has 2 aromatic rings. The summed E-state index contributed by atoms with van der Waals surface area (Å²) in [7, 11) is -3.65. The molecule has 0 bridgehead atoms. The summed E-state index contributed by atoms with van der Waals surface area (Å²) in [6.45, 7) is 2.65. The van der Waals surface area contributed by atoms with Crippen LogP contribution in [0.1, 0.15) is 22.3 Å². The van der Waals surface area contributed by atoms with E-state index in [0.717, 1.165) is 24.1 Å². The first-order valence-electron chi connectivity index (χ1n) is 9.15. The number of carbonyl (C=O) groups is 1. The molecule has 0 N–H and O–H groups in total. The van der Waals surface area contributed by atoms with Crippen molar-refractivity contribution in [3.63, 3.8) is 0 Å². The number of benzene rings is 2. The van der Waals surface area contributed by atoms with Gasteiger partial charge in [0.25, 0.3) is 15.9 Å². The number of anilines is 1. The Labute approximate surface area is 159 Å². The van der Waals surface area contributed by atoms with Gasteiger partial charge in [0.2, 0.25) is 0 Å². The zero-order valence-electron chi connectivity index (χ0n) is 15.0. The molecule has 1 fully saturated rings. The van der Waals surface area contributed by atoms with Crippen LogP contribution in [0.5, 0.6) is 0 Å². The summed E-state index contributed by atoms with van der Waals surface area (Å²) in [4.78, 5) is 14.5. The summed E-state index contributed by atoms with van der Waals surface area (Å²) in [5.74, 6) is -0.0921. The van der Waals surface area contributed by atoms with Crippen LogP contribution in [0.4, 0.5) is 5.69 Å². The lowest BCUT2D eigenvalue weighted by Crippen LogP contribution is -2.40. The van der Waals surface area contributed by atoms with E-state index in [1.807, 2.05) is 24.3 Å². The number of morpholine rings is 1. The van der Waals surface area contributed by atoms with Gasteiger partial charge >= 0.3 is 0 Å². The second-order valence-electron chi connectivity index (χ2n) is 6.74. The quantitative estimate of drug-likeness (QED) is 0.812. The highest BCUT2D eigenvalue weighted by Gasteiger charge is 2.29. The number of carbonyl (C=O) groups excluding carboxylic acids is 1. The molecule has 0 radical (unpaired) electrons. The summed E-state index contributed by atoms with van der Waals surface area (Å²) < 4.78 is 33.0. The summed E-state index contributed by atoms with van der Waals surface area (Å²) in [5.41, 5.74) is 2.29. The maximum Gasteiger partial charge on any atom is 0.264 e. The van der Waals surface area contributed by atoms with Gasteiger partial charge < -0.3 is 9.64 Å². The summed E-state index contributed by atoms with van der Waals surface area (Å²) in [6.07, 6.45) is 1.68. The van der Waals surface area contributed by atoms with Crippen LogP contribution in [-0.4, -0.2) is 52.1 Å². The predicted octanol–water partition coefficient (Wildman–Crippen LogP) is 2.30. The molecule has 0 saturated carbocycles. The van der Waals surface area contributed by atoms with Gasteiger partial charge in [0.05, 0.1) is 23.8 Å². The minimum Gasteiger partial charge on any atom is -0.378 e. The average molecular weight is 386 g/mol. The Morgan fingerprint density at radius 1 is 0.926 bits per heavy atom. The first kappa shape index (κ1) is 18.0. The Balaban J connectivity index is 1.59. The Morgan fingerprint density at radius 2 is 1.63 bits per heavy atom. The van der Waals surface area contributed by atoms with Crippen LogP contribution in [0.25, 0.3) is 0 Å². The van der Waals surface area contributed by atoms with Crippen LogP contribution < -0.4 is 4.31 Å². The SMILES string of the molecule is O=C(c1ccc(S(=O)(=O)N2CCCc3ccccc32)cc1)N1CCOCC1. The molecule has 2 heterocycles. The van der Waals surface area contributed by atoms with Crippen molar-refractivity contribution in [2.45, 2.75) is 17.7 Å². The summed E-state index contributed by atoms with van der Waals surface area (Å²) >= 11 is 0. The fraction of sp³-hybridized carbons (Fsp3) is 0.350. The van der Waals surface area contributed by atoms with Gasteiger partial charge in [0, 0.05) is 25.2 Å². The molecule has 2 aliphatic heterocycles. The molecule has 1 saturated heterocycles. The molecule has 2 aliphatic rings. The first-order valence-corrected chi connectivity index (χ1v) is 10.6.